The fourth-order valence-electron chi connectivity index (χ4n) is 3.20. The Labute approximate surface area is 154 Å². The Morgan fingerprint density at radius 2 is 1.88 bits per heavy atom. The number of ether oxygens (including phenoxy) is 1. The van der Waals surface area contributed by atoms with Crippen molar-refractivity contribution < 1.29 is 13.9 Å². The van der Waals surface area contributed by atoms with E-state index in [1.807, 2.05) is 0 Å². The molecule has 9 heteroatoms. The van der Waals surface area contributed by atoms with Crippen LogP contribution in [0.4, 0.5) is 20.7 Å². The van der Waals surface area contributed by atoms with Gasteiger partial charge in [-0.1, -0.05) is 11.6 Å². The van der Waals surface area contributed by atoms with E-state index in [0.717, 1.165) is 0 Å². The number of piperazine rings is 1. The third-order valence-electron chi connectivity index (χ3n) is 4.50. The molecule has 7 nitrogen and oxygen atoms in total. The summed E-state index contributed by atoms with van der Waals surface area (Å²) >= 11 is 6.00. The van der Waals surface area contributed by atoms with E-state index in [9.17, 15) is 9.18 Å². The molecule has 2 aromatic rings. The third kappa shape index (κ3) is 3.12. The molecule has 0 spiro atoms. The van der Waals surface area contributed by atoms with Crippen LogP contribution in [0.3, 0.4) is 0 Å². The zero-order chi connectivity index (χ0) is 18.1. The highest BCUT2D eigenvalue weighted by Gasteiger charge is 2.30. The van der Waals surface area contributed by atoms with Crippen LogP contribution in [0.1, 0.15) is 0 Å². The van der Waals surface area contributed by atoms with Gasteiger partial charge in [0.2, 0.25) is 0 Å². The summed E-state index contributed by atoms with van der Waals surface area (Å²) in [5, 5.41) is 0.567. The zero-order valence-corrected chi connectivity index (χ0v) is 14.7. The highest BCUT2D eigenvalue weighted by Crippen LogP contribution is 2.34. The molecule has 0 aliphatic carbocycles. The molecule has 0 unspecified atom stereocenters. The van der Waals surface area contributed by atoms with Crippen LogP contribution in [0, 0.1) is 5.95 Å². The summed E-state index contributed by atoms with van der Waals surface area (Å²) in [5.74, 6) is 0.245. The minimum Gasteiger partial charge on any atom is -0.489 e. The van der Waals surface area contributed by atoms with Gasteiger partial charge in [0, 0.05) is 49.7 Å². The number of urea groups is 1. The Morgan fingerprint density at radius 1 is 1.12 bits per heavy atom. The molecule has 4 rings (SSSR count). The first-order valence-corrected chi connectivity index (χ1v) is 8.71. The molecule has 0 bridgehead atoms. The standard InChI is InChI=1S/C17H17ClFN5O2/c18-12-1-2-13-14(11-12)26-10-9-24(13)17(25)23-7-5-22(6-8-23)16-15(19)20-3-4-21-16/h1-4,11H,5-10H2. The van der Waals surface area contributed by atoms with E-state index in [4.69, 9.17) is 16.3 Å². The van der Waals surface area contributed by atoms with Crippen molar-refractivity contribution in [3.8, 4) is 5.75 Å². The molecule has 3 heterocycles. The van der Waals surface area contributed by atoms with Gasteiger partial charge in [-0.3, -0.25) is 4.90 Å². The molecule has 26 heavy (non-hydrogen) atoms. The Bertz CT molecular complexity index is 829. The van der Waals surface area contributed by atoms with Gasteiger partial charge in [-0.25, -0.2) is 14.8 Å². The molecule has 2 amide bonds. The molecular formula is C17H17ClFN5O2. The summed E-state index contributed by atoms with van der Waals surface area (Å²) in [6.07, 6.45) is 2.78. The van der Waals surface area contributed by atoms with Crippen LogP contribution in [-0.4, -0.2) is 60.2 Å². The van der Waals surface area contributed by atoms with Crippen molar-refractivity contribution in [2.45, 2.75) is 0 Å². The average Bonchev–Trinajstić information content (AvgIpc) is 2.67. The molecule has 1 saturated heterocycles. The van der Waals surface area contributed by atoms with E-state index < -0.39 is 5.95 Å². The zero-order valence-electron chi connectivity index (χ0n) is 13.9. The van der Waals surface area contributed by atoms with Crippen molar-refractivity contribution in [3.63, 3.8) is 0 Å². The first-order valence-electron chi connectivity index (χ1n) is 8.34. The molecule has 2 aliphatic rings. The maximum absolute atomic E-state index is 13.8. The van der Waals surface area contributed by atoms with E-state index in [1.165, 1.54) is 12.4 Å². The second-order valence-corrected chi connectivity index (χ2v) is 6.48. The minimum atomic E-state index is -0.591. The van der Waals surface area contributed by atoms with E-state index in [0.29, 0.717) is 55.8 Å². The topological polar surface area (TPSA) is 61.8 Å². The van der Waals surface area contributed by atoms with Gasteiger partial charge in [0.1, 0.15) is 12.4 Å². The van der Waals surface area contributed by atoms with Gasteiger partial charge in [0.25, 0.3) is 5.95 Å². The van der Waals surface area contributed by atoms with Gasteiger partial charge in [0.05, 0.1) is 12.2 Å². The van der Waals surface area contributed by atoms with Crippen molar-refractivity contribution in [2.75, 3.05) is 49.1 Å². The Balaban J connectivity index is 1.46. The van der Waals surface area contributed by atoms with Gasteiger partial charge < -0.3 is 14.5 Å². The van der Waals surface area contributed by atoms with Gasteiger partial charge in [-0.05, 0) is 12.1 Å². The highest BCUT2D eigenvalue weighted by molar-refractivity contribution is 6.30. The van der Waals surface area contributed by atoms with Crippen molar-refractivity contribution in [1.82, 2.24) is 14.9 Å². The van der Waals surface area contributed by atoms with Gasteiger partial charge in [-0.2, -0.15) is 4.39 Å². The SMILES string of the molecule is O=C(N1CCN(c2nccnc2F)CC1)N1CCOc2cc(Cl)ccc21. The third-order valence-corrected chi connectivity index (χ3v) is 4.74. The van der Waals surface area contributed by atoms with Crippen LogP contribution in [0.15, 0.2) is 30.6 Å². The Kier molecular flexibility index (Phi) is 4.50. The summed E-state index contributed by atoms with van der Waals surface area (Å²) < 4.78 is 19.4. The molecule has 136 valence electrons. The molecule has 0 atom stereocenters. The summed E-state index contributed by atoms with van der Waals surface area (Å²) in [7, 11) is 0. The number of hydrogen-bond donors (Lipinski definition) is 0. The monoisotopic (exact) mass is 377 g/mol. The fraction of sp³-hybridized carbons (Fsp3) is 0.353. The van der Waals surface area contributed by atoms with E-state index in [-0.39, 0.29) is 11.8 Å². The molecular weight excluding hydrogens is 361 g/mol. The van der Waals surface area contributed by atoms with Crippen LogP contribution in [0.2, 0.25) is 5.02 Å². The fourth-order valence-corrected chi connectivity index (χ4v) is 3.36. The summed E-state index contributed by atoms with van der Waals surface area (Å²) in [5.41, 5.74) is 0.716. The normalized spacial score (nSPS) is 16.9. The second kappa shape index (κ2) is 6.95. The van der Waals surface area contributed by atoms with Crippen LogP contribution in [-0.2, 0) is 0 Å². The summed E-state index contributed by atoms with van der Waals surface area (Å²) in [6.45, 7) is 2.86. The maximum Gasteiger partial charge on any atom is 0.324 e. The molecule has 1 fully saturated rings. The van der Waals surface area contributed by atoms with Crippen LogP contribution in [0.5, 0.6) is 5.75 Å². The van der Waals surface area contributed by atoms with Gasteiger partial charge in [-0.15, -0.1) is 0 Å². The number of amides is 2. The first kappa shape index (κ1) is 16.8. The van der Waals surface area contributed by atoms with E-state index in [1.54, 1.807) is 32.9 Å². The molecule has 0 saturated carbocycles. The largest absolute Gasteiger partial charge is 0.489 e. The van der Waals surface area contributed by atoms with Crippen molar-refractivity contribution in [2.24, 2.45) is 0 Å². The number of hydrogen-bond acceptors (Lipinski definition) is 5. The predicted octanol–water partition coefficient (Wildman–Crippen LogP) is 2.41. The summed E-state index contributed by atoms with van der Waals surface area (Å²) in [6, 6.07) is 5.16. The molecule has 2 aliphatic heterocycles. The summed E-state index contributed by atoms with van der Waals surface area (Å²) in [4.78, 5) is 25.9. The lowest BCUT2D eigenvalue weighted by molar-refractivity contribution is 0.196. The minimum absolute atomic E-state index is 0.0869. The molecule has 1 aromatic carbocycles. The van der Waals surface area contributed by atoms with Crippen LogP contribution < -0.4 is 14.5 Å². The quantitative estimate of drug-likeness (QED) is 0.763. The smallest absolute Gasteiger partial charge is 0.324 e. The highest BCUT2D eigenvalue weighted by atomic mass is 35.5. The number of rotatable bonds is 1. The Morgan fingerprint density at radius 3 is 2.65 bits per heavy atom. The number of nitrogens with zero attached hydrogens (tertiary/aromatic N) is 5. The lowest BCUT2D eigenvalue weighted by Gasteiger charge is -2.39. The van der Waals surface area contributed by atoms with Gasteiger partial charge in [0.15, 0.2) is 5.82 Å². The lowest BCUT2D eigenvalue weighted by Crippen LogP contribution is -2.54. The van der Waals surface area contributed by atoms with Crippen molar-refractivity contribution >= 4 is 29.1 Å². The van der Waals surface area contributed by atoms with Crippen molar-refractivity contribution in [1.29, 1.82) is 0 Å². The number of halogens is 2. The van der Waals surface area contributed by atoms with E-state index >= 15 is 0 Å². The van der Waals surface area contributed by atoms with E-state index in [2.05, 4.69) is 9.97 Å². The number of aromatic nitrogens is 2. The maximum atomic E-state index is 13.8. The Hall–Kier alpha value is -2.61. The number of benzene rings is 1. The van der Waals surface area contributed by atoms with Gasteiger partial charge >= 0.3 is 6.03 Å². The van der Waals surface area contributed by atoms with Crippen LogP contribution >= 0.6 is 11.6 Å². The predicted molar refractivity (Wildman–Crippen MR) is 95.5 cm³/mol. The first-order chi connectivity index (χ1) is 12.6. The number of anilines is 2. The average molecular weight is 378 g/mol. The lowest BCUT2D eigenvalue weighted by atomic mass is 10.2. The second-order valence-electron chi connectivity index (χ2n) is 6.04. The molecule has 0 radical (unpaired) electrons. The van der Waals surface area contributed by atoms with Crippen LogP contribution in [0.25, 0.3) is 0 Å². The van der Waals surface area contributed by atoms with Crippen molar-refractivity contribution in [3.05, 3.63) is 41.6 Å². The number of carbonyl (C=O) groups is 1. The molecule has 0 N–H and O–H groups in total. The number of carbonyl (C=O) groups excluding carboxylic acids is 1. The molecule has 1 aromatic heterocycles. The number of fused-ring (bicyclic) bond motifs is 1.